The number of fused-ring (bicyclic) bond motifs is 1. The second-order valence-corrected chi connectivity index (χ2v) is 9.79. The number of aromatic nitrogens is 3. The summed E-state index contributed by atoms with van der Waals surface area (Å²) < 4.78 is 7.47. The van der Waals surface area contributed by atoms with E-state index in [0.29, 0.717) is 38.5 Å². The van der Waals surface area contributed by atoms with Gasteiger partial charge in [0, 0.05) is 62.1 Å². The molecule has 1 saturated carbocycles. The standard InChI is InChI=1S/C28H30N8O3/c29-11-7-26(37)35-17-15-34(16-18-35)23-5-2-6-24-22(23)10-14-36(24)25-9-13-31-28(33-25)32-20-3-1-4-21(19-20)39-27(38)8-12-30/h2,5-6,9-10,13-14,20-21H,1,3-4,7-8,15-19H2,(H,31,32,33)/t20-,21-/m0/s1. The van der Waals surface area contributed by atoms with Gasteiger partial charge in [0.1, 0.15) is 24.8 Å². The van der Waals surface area contributed by atoms with Gasteiger partial charge in [-0.05, 0) is 43.5 Å². The first-order chi connectivity index (χ1) is 19.1. The van der Waals surface area contributed by atoms with E-state index >= 15 is 0 Å². The fourth-order valence-electron chi connectivity index (χ4n) is 5.41. The number of benzene rings is 1. The average molecular weight is 527 g/mol. The number of amides is 1. The van der Waals surface area contributed by atoms with Crippen molar-refractivity contribution in [3.63, 3.8) is 0 Å². The summed E-state index contributed by atoms with van der Waals surface area (Å²) in [5.74, 6) is 0.658. The number of hydrogen-bond acceptors (Lipinski definition) is 9. The smallest absolute Gasteiger partial charge is 0.320 e. The molecule has 39 heavy (non-hydrogen) atoms. The SMILES string of the molecule is N#CCC(=O)O[C@H]1CCC[C@H](Nc2nccc(-n3ccc4c(N5CCN(C(=O)CC#N)CC5)cccc43)n2)C1. The van der Waals surface area contributed by atoms with E-state index < -0.39 is 5.97 Å². The second kappa shape index (κ2) is 11.8. The zero-order valence-electron chi connectivity index (χ0n) is 21.6. The molecule has 1 N–H and O–H groups in total. The number of nitrogens with one attached hydrogen (secondary N) is 1. The minimum atomic E-state index is -0.477. The Kier molecular flexibility index (Phi) is 7.88. The Hall–Kier alpha value is -4.64. The number of piperazine rings is 1. The van der Waals surface area contributed by atoms with Crippen molar-refractivity contribution >= 4 is 34.4 Å². The van der Waals surface area contributed by atoms with Crippen LogP contribution in [0.2, 0.25) is 0 Å². The predicted molar refractivity (Wildman–Crippen MR) is 144 cm³/mol. The molecule has 0 radical (unpaired) electrons. The molecule has 5 rings (SSSR count). The van der Waals surface area contributed by atoms with E-state index in [2.05, 4.69) is 33.4 Å². The minimum Gasteiger partial charge on any atom is -0.462 e. The molecule has 11 heteroatoms. The third-order valence-corrected chi connectivity index (χ3v) is 7.28. The first kappa shape index (κ1) is 26.0. The van der Waals surface area contributed by atoms with Gasteiger partial charge in [0.25, 0.3) is 0 Å². The Bertz CT molecular complexity index is 1430. The Balaban J connectivity index is 1.29. The van der Waals surface area contributed by atoms with Gasteiger partial charge in [-0.25, -0.2) is 4.98 Å². The van der Waals surface area contributed by atoms with Gasteiger partial charge >= 0.3 is 5.97 Å². The highest BCUT2D eigenvalue weighted by Crippen LogP contribution is 2.30. The number of rotatable bonds is 7. The highest BCUT2D eigenvalue weighted by Gasteiger charge is 2.26. The maximum Gasteiger partial charge on any atom is 0.320 e. The van der Waals surface area contributed by atoms with E-state index in [1.54, 1.807) is 11.1 Å². The van der Waals surface area contributed by atoms with Crippen LogP contribution in [-0.2, 0) is 14.3 Å². The predicted octanol–water partition coefficient (Wildman–Crippen LogP) is 3.16. The van der Waals surface area contributed by atoms with Gasteiger partial charge in [0.15, 0.2) is 0 Å². The number of nitrogens with zero attached hydrogens (tertiary/aromatic N) is 7. The van der Waals surface area contributed by atoms with Crippen molar-refractivity contribution in [1.82, 2.24) is 19.4 Å². The van der Waals surface area contributed by atoms with Crippen LogP contribution in [0.4, 0.5) is 11.6 Å². The Morgan fingerprint density at radius 1 is 1.05 bits per heavy atom. The van der Waals surface area contributed by atoms with Crippen LogP contribution in [0.25, 0.3) is 16.7 Å². The summed E-state index contributed by atoms with van der Waals surface area (Å²) in [6, 6.07) is 14.0. The van der Waals surface area contributed by atoms with Crippen LogP contribution in [0.3, 0.4) is 0 Å². The Morgan fingerprint density at radius 2 is 1.87 bits per heavy atom. The van der Waals surface area contributed by atoms with E-state index in [-0.39, 0.29) is 30.9 Å². The highest BCUT2D eigenvalue weighted by molar-refractivity contribution is 5.94. The number of ether oxygens (including phenoxy) is 1. The number of carbonyl (C=O) groups excluding carboxylic acids is 2. The average Bonchev–Trinajstić information content (AvgIpc) is 3.38. The molecule has 3 aromatic rings. The van der Waals surface area contributed by atoms with Crippen molar-refractivity contribution in [2.45, 2.75) is 50.7 Å². The zero-order valence-corrected chi connectivity index (χ0v) is 21.6. The molecule has 1 aromatic carbocycles. The van der Waals surface area contributed by atoms with Crippen LogP contribution in [0, 0.1) is 22.7 Å². The maximum atomic E-state index is 12.1. The normalized spacial score (nSPS) is 19.2. The number of esters is 1. The van der Waals surface area contributed by atoms with Gasteiger partial charge in [-0.2, -0.15) is 15.5 Å². The molecule has 3 heterocycles. The van der Waals surface area contributed by atoms with Gasteiger partial charge in [0.2, 0.25) is 11.9 Å². The van der Waals surface area contributed by atoms with Crippen molar-refractivity contribution in [2.75, 3.05) is 36.4 Å². The summed E-state index contributed by atoms with van der Waals surface area (Å²) in [7, 11) is 0. The Labute approximate surface area is 226 Å². The topological polar surface area (TPSA) is 140 Å². The van der Waals surface area contributed by atoms with Crippen molar-refractivity contribution < 1.29 is 14.3 Å². The molecule has 0 unspecified atom stereocenters. The lowest BCUT2D eigenvalue weighted by molar-refractivity contribution is -0.149. The van der Waals surface area contributed by atoms with Crippen molar-refractivity contribution in [2.24, 2.45) is 0 Å². The molecule has 1 saturated heterocycles. The molecule has 200 valence electrons. The van der Waals surface area contributed by atoms with Gasteiger partial charge < -0.3 is 24.4 Å². The molecule has 2 aliphatic rings. The Morgan fingerprint density at radius 3 is 2.67 bits per heavy atom. The molecule has 0 bridgehead atoms. The minimum absolute atomic E-state index is 0.0700. The van der Waals surface area contributed by atoms with Crippen molar-refractivity contribution in [1.29, 1.82) is 10.5 Å². The lowest BCUT2D eigenvalue weighted by atomic mass is 9.93. The van der Waals surface area contributed by atoms with Crippen LogP contribution in [0.5, 0.6) is 0 Å². The number of anilines is 2. The van der Waals surface area contributed by atoms with Gasteiger partial charge in [0.05, 0.1) is 17.7 Å². The van der Waals surface area contributed by atoms with Crippen molar-refractivity contribution in [3.8, 4) is 18.0 Å². The number of hydrogen-bond donors (Lipinski definition) is 1. The molecule has 11 nitrogen and oxygen atoms in total. The molecule has 2 atom stereocenters. The van der Waals surface area contributed by atoms with E-state index in [0.717, 1.165) is 41.7 Å². The summed E-state index contributed by atoms with van der Waals surface area (Å²) >= 11 is 0. The van der Waals surface area contributed by atoms with E-state index in [4.69, 9.17) is 20.2 Å². The quantitative estimate of drug-likeness (QED) is 0.460. The number of nitriles is 2. The van der Waals surface area contributed by atoms with Crippen LogP contribution in [0.15, 0.2) is 42.7 Å². The molecular weight excluding hydrogens is 496 g/mol. The molecular formula is C28H30N8O3. The summed E-state index contributed by atoms with van der Waals surface area (Å²) in [6.07, 6.45) is 6.48. The fraction of sp³-hybridized carbons (Fsp3) is 0.429. The van der Waals surface area contributed by atoms with Crippen LogP contribution in [0.1, 0.15) is 38.5 Å². The van der Waals surface area contributed by atoms with Crippen LogP contribution < -0.4 is 10.2 Å². The summed E-state index contributed by atoms with van der Waals surface area (Å²) in [4.78, 5) is 37.0. The third-order valence-electron chi connectivity index (χ3n) is 7.28. The fourth-order valence-corrected chi connectivity index (χ4v) is 5.41. The van der Waals surface area contributed by atoms with E-state index in [1.165, 1.54) is 0 Å². The molecule has 0 spiro atoms. The monoisotopic (exact) mass is 526 g/mol. The maximum absolute atomic E-state index is 12.1. The lowest BCUT2D eigenvalue weighted by Gasteiger charge is -2.36. The van der Waals surface area contributed by atoms with Crippen LogP contribution in [-0.4, -0.2) is 69.6 Å². The molecule has 1 aliphatic carbocycles. The molecule has 1 aliphatic heterocycles. The van der Waals surface area contributed by atoms with Gasteiger partial charge in [-0.1, -0.05) is 6.07 Å². The number of carbonyl (C=O) groups is 2. The lowest BCUT2D eigenvalue weighted by Crippen LogP contribution is -2.48. The molecule has 1 amide bonds. The first-order valence-corrected chi connectivity index (χ1v) is 13.2. The van der Waals surface area contributed by atoms with Crippen molar-refractivity contribution in [3.05, 3.63) is 42.7 Å². The van der Waals surface area contributed by atoms with E-state index in [1.807, 2.05) is 35.0 Å². The summed E-state index contributed by atoms with van der Waals surface area (Å²) in [5.41, 5.74) is 2.12. The van der Waals surface area contributed by atoms with Gasteiger partial charge in [-0.3, -0.25) is 9.59 Å². The summed E-state index contributed by atoms with van der Waals surface area (Å²) in [5, 5.41) is 22.0. The first-order valence-electron chi connectivity index (χ1n) is 13.2. The molecule has 2 aromatic heterocycles. The van der Waals surface area contributed by atoms with Crippen LogP contribution >= 0.6 is 0 Å². The van der Waals surface area contributed by atoms with Gasteiger partial charge in [-0.15, -0.1) is 0 Å². The third kappa shape index (κ3) is 5.93. The molecule has 2 fully saturated rings. The largest absolute Gasteiger partial charge is 0.462 e. The van der Waals surface area contributed by atoms with E-state index in [9.17, 15) is 9.59 Å². The summed E-state index contributed by atoms with van der Waals surface area (Å²) in [6.45, 7) is 2.60. The highest BCUT2D eigenvalue weighted by atomic mass is 16.5. The second-order valence-electron chi connectivity index (χ2n) is 9.79. The zero-order chi connectivity index (χ0) is 27.2.